The molecule has 0 aliphatic heterocycles. The van der Waals surface area contributed by atoms with Crippen LogP contribution in [0.1, 0.15) is 0 Å². The highest BCUT2D eigenvalue weighted by atomic mass is 35.5. The molecule has 11 heavy (non-hydrogen) atoms. The number of hydrogen-bond acceptors (Lipinski definition) is 2. The van der Waals surface area contributed by atoms with Crippen molar-refractivity contribution in [2.24, 2.45) is 0 Å². The Bertz CT molecular complexity index is 210. The average Bonchev–Trinajstić information content (AvgIpc) is 1.87. The molecule has 5 heteroatoms. The first-order valence-electron chi connectivity index (χ1n) is 2.60. The second kappa shape index (κ2) is 5.49. The van der Waals surface area contributed by atoms with Crippen molar-refractivity contribution in [1.82, 2.24) is 4.98 Å². The second-order valence-electron chi connectivity index (χ2n) is 1.45. The number of hydrogen-bond donors (Lipinski definition) is 2. The molecule has 0 saturated heterocycles. The number of carbonyl (C=O) groups is 1. The molecule has 0 aromatic carbocycles. The molecule has 0 spiro atoms. The first-order chi connectivity index (χ1) is 5.13. The summed E-state index contributed by atoms with van der Waals surface area (Å²) in [4.78, 5) is 12.3. The van der Waals surface area contributed by atoms with E-state index in [1.165, 1.54) is 0 Å². The molecule has 1 heterocycles. The van der Waals surface area contributed by atoms with Gasteiger partial charge < -0.3 is 10.2 Å². The van der Waals surface area contributed by atoms with E-state index in [-0.39, 0.29) is 0 Å². The largest absolute Gasteiger partial charge is 0.503 e. The van der Waals surface area contributed by atoms with E-state index in [0.29, 0.717) is 0 Å². The Morgan fingerprint density at radius 1 is 1.36 bits per heavy atom. The van der Waals surface area contributed by atoms with Gasteiger partial charge in [-0.1, -0.05) is 11.6 Å². The molecule has 0 amide bonds. The molecule has 0 unspecified atom stereocenters. The summed E-state index contributed by atoms with van der Waals surface area (Å²) in [6, 6.07) is 3.48. The van der Waals surface area contributed by atoms with E-state index < -0.39 is 6.16 Å². The van der Waals surface area contributed by atoms with E-state index >= 15 is 0 Å². The predicted molar refractivity (Wildman–Crippen MR) is 39.9 cm³/mol. The average molecular weight is 176 g/mol. The van der Waals surface area contributed by atoms with Gasteiger partial charge in [-0.3, -0.25) is 4.98 Å². The van der Waals surface area contributed by atoms with Crippen LogP contribution in [0.15, 0.2) is 24.5 Å². The quantitative estimate of drug-likeness (QED) is 0.632. The molecule has 60 valence electrons. The molecule has 0 aliphatic carbocycles. The van der Waals surface area contributed by atoms with E-state index in [0.717, 1.165) is 5.02 Å². The molecule has 1 rings (SSSR count). The lowest BCUT2D eigenvalue weighted by atomic mass is 10.5. The van der Waals surface area contributed by atoms with Gasteiger partial charge in [0, 0.05) is 17.4 Å². The van der Waals surface area contributed by atoms with Crippen molar-refractivity contribution < 1.29 is 15.0 Å². The zero-order chi connectivity index (χ0) is 8.69. The highest BCUT2D eigenvalue weighted by Crippen LogP contribution is 2.01. The highest BCUT2D eigenvalue weighted by Gasteiger charge is 1.75. The summed E-state index contributed by atoms with van der Waals surface area (Å²) >= 11 is 5.50. The Balaban J connectivity index is 0.000000218. The van der Waals surface area contributed by atoms with Crippen molar-refractivity contribution in [3.63, 3.8) is 0 Å². The summed E-state index contributed by atoms with van der Waals surface area (Å²) < 4.78 is 0. The summed E-state index contributed by atoms with van der Waals surface area (Å²) in [6.45, 7) is 0. The minimum Gasteiger partial charge on any atom is -0.450 e. The van der Waals surface area contributed by atoms with Crippen LogP contribution < -0.4 is 0 Å². The Morgan fingerprint density at radius 2 is 1.73 bits per heavy atom. The van der Waals surface area contributed by atoms with Crippen LogP contribution in [0.5, 0.6) is 0 Å². The van der Waals surface area contributed by atoms with Crippen molar-refractivity contribution in [3.05, 3.63) is 29.5 Å². The molecular formula is C6H6ClNO3. The third-order valence-electron chi connectivity index (χ3n) is 0.640. The highest BCUT2D eigenvalue weighted by molar-refractivity contribution is 6.30. The van der Waals surface area contributed by atoms with Crippen LogP contribution in [-0.4, -0.2) is 21.4 Å². The maximum absolute atomic E-state index is 8.56. The smallest absolute Gasteiger partial charge is 0.450 e. The monoisotopic (exact) mass is 175 g/mol. The molecule has 0 fully saturated rings. The number of rotatable bonds is 0. The summed E-state index contributed by atoms with van der Waals surface area (Å²) in [5.74, 6) is 0. The van der Waals surface area contributed by atoms with Gasteiger partial charge in [-0.05, 0) is 12.1 Å². The standard InChI is InChI=1S/C5H4ClN.CH2O3/c6-5-1-3-7-4-2-5;2-1(3)4/h1-4H;(H2,2,3,4). The molecule has 4 nitrogen and oxygen atoms in total. The Hall–Kier alpha value is -1.29. The second-order valence-corrected chi connectivity index (χ2v) is 1.88. The lowest BCUT2D eigenvalue weighted by molar-refractivity contribution is 0.137. The SMILES string of the molecule is Clc1ccncc1.O=C(O)O. The summed E-state index contributed by atoms with van der Waals surface area (Å²) in [5.41, 5.74) is 0. The fourth-order valence-corrected chi connectivity index (χ4v) is 0.446. The van der Waals surface area contributed by atoms with Crippen LogP contribution in [-0.2, 0) is 0 Å². The molecule has 1 aromatic heterocycles. The van der Waals surface area contributed by atoms with Crippen molar-refractivity contribution in [3.8, 4) is 0 Å². The van der Waals surface area contributed by atoms with Crippen LogP contribution >= 0.6 is 11.6 Å². The van der Waals surface area contributed by atoms with Crippen molar-refractivity contribution in [2.75, 3.05) is 0 Å². The maximum atomic E-state index is 8.56. The van der Waals surface area contributed by atoms with Gasteiger partial charge >= 0.3 is 6.16 Å². The molecule has 1 aromatic rings. The van der Waals surface area contributed by atoms with Crippen LogP contribution in [0.2, 0.25) is 5.02 Å². The van der Waals surface area contributed by atoms with Gasteiger partial charge in [0.2, 0.25) is 0 Å². The van der Waals surface area contributed by atoms with Gasteiger partial charge in [-0.2, -0.15) is 0 Å². The molecule has 0 bridgehead atoms. The van der Waals surface area contributed by atoms with Gasteiger partial charge in [0.05, 0.1) is 0 Å². The van der Waals surface area contributed by atoms with Crippen molar-refractivity contribution >= 4 is 17.8 Å². The summed E-state index contributed by atoms with van der Waals surface area (Å²) in [7, 11) is 0. The van der Waals surface area contributed by atoms with Crippen LogP contribution in [0.25, 0.3) is 0 Å². The predicted octanol–water partition coefficient (Wildman–Crippen LogP) is 1.96. The zero-order valence-electron chi connectivity index (χ0n) is 5.44. The molecule has 0 atom stereocenters. The molecule has 0 radical (unpaired) electrons. The van der Waals surface area contributed by atoms with E-state index in [9.17, 15) is 0 Å². The van der Waals surface area contributed by atoms with Crippen molar-refractivity contribution in [1.29, 1.82) is 0 Å². The van der Waals surface area contributed by atoms with Gasteiger partial charge in [0.15, 0.2) is 0 Å². The van der Waals surface area contributed by atoms with E-state index in [1.54, 1.807) is 24.5 Å². The number of carboxylic acid groups (broad SMARTS) is 2. The zero-order valence-corrected chi connectivity index (χ0v) is 6.19. The van der Waals surface area contributed by atoms with Gasteiger partial charge in [0.25, 0.3) is 0 Å². The van der Waals surface area contributed by atoms with E-state index in [1.807, 2.05) is 0 Å². The molecule has 2 N–H and O–H groups in total. The lowest BCUT2D eigenvalue weighted by Gasteiger charge is -1.79. The van der Waals surface area contributed by atoms with E-state index in [4.69, 9.17) is 26.6 Å². The van der Waals surface area contributed by atoms with E-state index in [2.05, 4.69) is 4.98 Å². The molecule has 0 saturated carbocycles. The minimum absolute atomic E-state index is 0.731. The maximum Gasteiger partial charge on any atom is 0.503 e. The Kier molecular flexibility index (Phi) is 4.85. The number of pyridine rings is 1. The number of aromatic nitrogens is 1. The summed E-state index contributed by atoms with van der Waals surface area (Å²) in [5, 5.41) is 14.7. The third-order valence-corrected chi connectivity index (χ3v) is 0.892. The van der Waals surface area contributed by atoms with Gasteiger partial charge in [-0.25, -0.2) is 4.79 Å². The molecule has 0 aliphatic rings. The van der Waals surface area contributed by atoms with Crippen LogP contribution in [0, 0.1) is 0 Å². The minimum atomic E-state index is -1.83. The van der Waals surface area contributed by atoms with Crippen molar-refractivity contribution in [2.45, 2.75) is 0 Å². The molecular weight excluding hydrogens is 170 g/mol. The number of nitrogens with zero attached hydrogens (tertiary/aromatic N) is 1. The fraction of sp³-hybridized carbons (Fsp3) is 0. The summed E-state index contributed by atoms with van der Waals surface area (Å²) in [6.07, 6.45) is 1.48. The van der Waals surface area contributed by atoms with Crippen LogP contribution in [0.4, 0.5) is 4.79 Å². The Labute approximate surface area is 68.1 Å². The fourth-order valence-electron chi connectivity index (χ4n) is 0.334. The Morgan fingerprint density at radius 3 is 1.91 bits per heavy atom. The number of halogens is 1. The lowest BCUT2D eigenvalue weighted by Crippen LogP contribution is -1.81. The van der Waals surface area contributed by atoms with Gasteiger partial charge in [0.1, 0.15) is 0 Å². The van der Waals surface area contributed by atoms with Gasteiger partial charge in [-0.15, -0.1) is 0 Å². The normalized spacial score (nSPS) is 7.73. The first kappa shape index (κ1) is 9.71. The third kappa shape index (κ3) is 8.71. The first-order valence-corrected chi connectivity index (χ1v) is 2.98. The topological polar surface area (TPSA) is 70.4 Å². The van der Waals surface area contributed by atoms with Crippen LogP contribution in [0.3, 0.4) is 0 Å².